The first kappa shape index (κ1) is 29.2. The average Bonchev–Trinajstić information content (AvgIpc) is 3.34. The van der Waals surface area contributed by atoms with E-state index >= 15 is 8.78 Å². The van der Waals surface area contributed by atoms with Crippen molar-refractivity contribution in [2.75, 3.05) is 13.7 Å². The Morgan fingerprint density at radius 1 is 1.00 bits per heavy atom. The predicted molar refractivity (Wildman–Crippen MR) is 144 cm³/mol. The average molecular weight is 592 g/mol. The minimum Gasteiger partial charge on any atom is -0.478 e. The normalized spacial score (nSPS) is 11.1. The smallest absolute Gasteiger partial charge is 0.335 e. The van der Waals surface area contributed by atoms with Gasteiger partial charge < -0.3 is 19.1 Å². The molecule has 0 unspecified atom stereocenters. The Morgan fingerprint density at radius 3 is 2.51 bits per heavy atom. The van der Waals surface area contributed by atoms with Crippen LogP contribution in [0.4, 0.5) is 17.6 Å². The highest BCUT2D eigenvalue weighted by atomic mass is 19.2. The van der Waals surface area contributed by atoms with Crippen molar-refractivity contribution in [1.29, 1.82) is 5.26 Å². The van der Waals surface area contributed by atoms with Crippen LogP contribution in [0.15, 0.2) is 54.7 Å². The number of nitriles is 1. The lowest BCUT2D eigenvalue weighted by atomic mass is 10.1. The molecule has 5 aromatic rings. The maximum absolute atomic E-state index is 15.4. The summed E-state index contributed by atoms with van der Waals surface area (Å²) in [5, 5.41) is 18.2. The number of nitrogens with zero attached hydrogens (tertiary/aromatic N) is 5. The molecule has 43 heavy (non-hydrogen) atoms. The molecule has 0 radical (unpaired) electrons. The molecule has 218 valence electrons. The molecular formula is C30H21F4N5O4. The van der Waals surface area contributed by atoms with Crippen molar-refractivity contribution < 1.29 is 36.9 Å². The summed E-state index contributed by atoms with van der Waals surface area (Å²) in [5.74, 6) is -5.98. The predicted octanol–water partition coefficient (Wildman–Crippen LogP) is 5.44. The fraction of sp³-hybridized carbons (Fsp3) is 0.167. The van der Waals surface area contributed by atoms with Gasteiger partial charge in [0.05, 0.1) is 46.6 Å². The standard InChI is InChI=1S/C30H21F4N5O4/c1-42-9-8-39-24-11-18(30(40)41)5-7-23(24)37-25(39)12-17-4-6-20(27(34)26(17)33)28-36-14-22(32)29(38-28)43-15-19-3-2-16(13-35)10-21(19)31/h2-7,10-11,14H,8-9,12,15H2,1H3,(H,40,41). The van der Waals surface area contributed by atoms with Crippen LogP contribution >= 0.6 is 0 Å². The summed E-state index contributed by atoms with van der Waals surface area (Å²) < 4.78 is 71.4. The summed E-state index contributed by atoms with van der Waals surface area (Å²) in [6, 6.07) is 12.4. The number of carbonyl (C=O) groups is 1. The van der Waals surface area contributed by atoms with E-state index in [1.165, 1.54) is 49.6 Å². The molecule has 0 aliphatic heterocycles. The van der Waals surface area contributed by atoms with Gasteiger partial charge in [0.1, 0.15) is 18.2 Å². The molecule has 9 nitrogen and oxygen atoms in total. The van der Waals surface area contributed by atoms with Crippen molar-refractivity contribution in [3.8, 4) is 23.3 Å². The van der Waals surface area contributed by atoms with E-state index in [-0.39, 0.29) is 53.2 Å². The van der Waals surface area contributed by atoms with Gasteiger partial charge in [0, 0.05) is 25.6 Å². The Bertz CT molecular complexity index is 1900. The lowest BCUT2D eigenvalue weighted by molar-refractivity contribution is 0.0697. The van der Waals surface area contributed by atoms with Crippen LogP contribution in [-0.4, -0.2) is 44.3 Å². The summed E-state index contributed by atoms with van der Waals surface area (Å²) in [4.78, 5) is 23.6. The van der Waals surface area contributed by atoms with Gasteiger partial charge in [-0.2, -0.15) is 14.6 Å². The monoisotopic (exact) mass is 591 g/mol. The van der Waals surface area contributed by atoms with Crippen molar-refractivity contribution in [3.63, 3.8) is 0 Å². The second kappa shape index (κ2) is 12.3. The van der Waals surface area contributed by atoms with Crippen molar-refractivity contribution in [2.45, 2.75) is 19.6 Å². The van der Waals surface area contributed by atoms with E-state index in [2.05, 4.69) is 15.0 Å². The maximum atomic E-state index is 15.4. The molecule has 2 heterocycles. The Kier molecular flexibility index (Phi) is 8.31. The van der Waals surface area contributed by atoms with Crippen molar-refractivity contribution in [3.05, 3.63) is 106 Å². The van der Waals surface area contributed by atoms with Gasteiger partial charge in [-0.1, -0.05) is 12.1 Å². The number of hydrogen-bond acceptors (Lipinski definition) is 7. The summed E-state index contributed by atoms with van der Waals surface area (Å²) >= 11 is 0. The SMILES string of the molecule is COCCn1c(Cc2ccc(-c3ncc(F)c(OCc4ccc(C#N)cc4F)n3)c(F)c2F)nc2ccc(C(=O)O)cc21. The van der Waals surface area contributed by atoms with E-state index < -0.39 is 41.7 Å². The molecule has 0 aliphatic rings. The highest BCUT2D eigenvalue weighted by Gasteiger charge is 2.21. The Balaban J connectivity index is 1.43. The first-order chi connectivity index (χ1) is 20.7. The van der Waals surface area contributed by atoms with Gasteiger partial charge in [-0.3, -0.25) is 0 Å². The quantitative estimate of drug-likeness (QED) is 0.213. The van der Waals surface area contributed by atoms with Gasteiger partial charge in [-0.25, -0.2) is 27.9 Å². The molecule has 0 fully saturated rings. The molecule has 0 amide bonds. The van der Waals surface area contributed by atoms with Crippen LogP contribution in [0.2, 0.25) is 0 Å². The second-order valence-corrected chi connectivity index (χ2v) is 9.31. The topological polar surface area (TPSA) is 123 Å². The van der Waals surface area contributed by atoms with E-state index in [0.717, 1.165) is 12.3 Å². The molecule has 0 saturated carbocycles. The van der Waals surface area contributed by atoms with Crippen LogP contribution in [0.5, 0.6) is 5.88 Å². The summed E-state index contributed by atoms with van der Waals surface area (Å²) in [5.41, 5.74) is 0.717. The molecule has 3 aromatic carbocycles. The molecule has 1 N–H and O–H groups in total. The Hall–Kier alpha value is -5.35. The number of aromatic carboxylic acids is 1. The highest BCUT2D eigenvalue weighted by molar-refractivity contribution is 5.92. The number of aromatic nitrogens is 4. The van der Waals surface area contributed by atoms with Crippen molar-refractivity contribution in [1.82, 2.24) is 19.5 Å². The van der Waals surface area contributed by atoms with Gasteiger partial charge >= 0.3 is 5.97 Å². The van der Waals surface area contributed by atoms with Gasteiger partial charge in [0.2, 0.25) is 5.82 Å². The van der Waals surface area contributed by atoms with Crippen molar-refractivity contribution >= 4 is 17.0 Å². The fourth-order valence-electron chi connectivity index (χ4n) is 4.40. The maximum Gasteiger partial charge on any atom is 0.335 e. The zero-order valence-electron chi connectivity index (χ0n) is 22.4. The van der Waals surface area contributed by atoms with Gasteiger partial charge in [-0.05, 0) is 42.0 Å². The third-order valence-corrected chi connectivity index (χ3v) is 6.60. The molecule has 5 rings (SSSR count). The zero-order chi connectivity index (χ0) is 30.7. The minimum atomic E-state index is -1.29. The zero-order valence-corrected chi connectivity index (χ0v) is 22.4. The number of fused-ring (bicyclic) bond motifs is 1. The molecule has 0 atom stereocenters. The van der Waals surface area contributed by atoms with Crippen LogP contribution in [0.1, 0.15) is 32.9 Å². The first-order valence-electron chi connectivity index (χ1n) is 12.7. The number of hydrogen-bond donors (Lipinski definition) is 1. The number of imidazole rings is 1. The number of benzene rings is 3. The highest BCUT2D eigenvalue weighted by Crippen LogP contribution is 2.28. The van der Waals surface area contributed by atoms with Crippen LogP contribution in [-0.2, 0) is 24.3 Å². The van der Waals surface area contributed by atoms with Crippen LogP contribution in [0, 0.1) is 34.6 Å². The molecule has 0 spiro atoms. The fourth-order valence-corrected chi connectivity index (χ4v) is 4.40. The van der Waals surface area contributed by atoms with Crippen LogP contribution in [0.25, 0.3) is 22.4 Å². The molecule has 13 heteroatoms. The Labute approximate surface area is 241 Å². The summed E-state index contributed by atoms with van der Waals surface area (Å²) in [7, 11) is 1.49. The van der Waals surface area contributed by atoms with E-state index in [1.54, 1.807) is 10.6 Å². The number of halogens is 4. The number of rotatable bonds is 10. The largest absolute Gasteiger partial charge is 0.478 e. The molecular weight excluding hydrogens is 570 g/mol. The van der Waals surface area contributed by atoms with E-state index in [9.17, 15) is 18.7 Å². The third kappa shape index (κ3) is 6.00. The molecule has 0 bridgehead atoms. The second-order valence-electron chi connectivity index (χ2n) is 9.31. The van der Waals surface area contributed by atoms with Crippen molar-refractivity contribution in [2.24, 2.45) is 0 Å². The van der Waals surface area contributed by atoms with Crippen LogP contribution < -0.4 is 4.74 Å². The van der Waals surface area contributed by atoms with Crippen LogP contribution in [0.3, 0.4) is 0 Å². The minimum absolute atomic E-state index is 0.0239. The summed E-state index contributed by atoms with van der Waals surface area (Å²) in [6.07, 6.45) is 0.584. The lowest BCUT2D eigenvalue weighted by Gasteiger charge is -2.12. The van der Waals surface area contributed by atoms with E-state index in [0.29, 0.717) is 16.9 Å². The van der Waals surface area contributed by atoms with Gasteiger partial charge in [0.25, 0.3) is 5.88 Å². The van der Waals surface area contributed by atoms with E-state index in [4.69, 9.17) is 14.7 Å². The van der Waals surface area contributed by atoms with E-state index in [1.807, 2.05) is 0 Å². The number of carboxylic acids is 1. The van der Waals surface area contributed by atoms with Gasteiger partial charge in [0.15, 0.2) is 17.5 Å². The Morgan fingerprint density at radius 2 is 1.79 bits per heavy atom. The molecule has 0 saturated heterocycles. The molecule has 0 aliphatic carbocycles. The number of ether oxygens (including phenoxy) is 2. The molecule has 2 aromatic heterocycles. The third-order valence-electron chi connectivity index (χ3n) is 6.60. The lowest BCUT2D eigenvalue weighted by Crippen LogP contribution is -2.10. The van der Waals surface area contributed by atoms with Gasteiger partial charge in [-0.15, -0.1) is 0 Å². The summed E-state index contributed by atoms with van der Waals surface area (Å²) in [6.45, 7) is 0.0978. The number of carboxylic acid groups (broad SMARTS) is 1. The first-order valence-corrected chi connectivity index (χ1v) is 12.7. The number of methoxy groups -OCH3 is 1.